The summed E-state index contributed by atoms with van der Waals surface area (Å²) in [5.41, 5.74) is 2.47. The first-order valence-electron chi connectivity index (χ1n) is 13.8. The summed E-state index contributed by atoms with van der Waals surface area (Å²) in [5.74, 6) is -0.312. The zero-order chi connectivity index (χ0) is 26.2. The van der Waals surface area contributed by atoms with E-state index in [-0.39, 0.29) is 23.3 Å². The Morgan fingerprint density at radius 2 is 1.84 bits per heavy atom. The molecule has 2 aliphatic carbocycles. The third kappa shape index (κ3) is 4.91. The zero-order valence-corrected chi connectivity index (χ0v) is 22.3. The fraction of sp³-hybridized carbons (Fsp3) is 0.567. The van der Waals surface area contributed by atoms with E-state index < -0.39 is 17.7 Å². The van der Waals surface area contributed by atoms with Crippen molar-refractivity contribution < 1.29 is 14.7 Å². The van der Waals surface area contributed by atoms with E-state index in [1.54, 1.807) is 17.3 Å². The summed E-state index contributed by atoms with van der Waals surface area (Å²) in [7, 11) is 0. The van der Waals surface area contributed by atoms with Crippen molar-refractivity contribution >= 4 is 17.5 Å². The molecule has 198 valence electrons. The van der Waals surface area contributed by atoms with Gasteiger partial charge < -0.3 is 15.7 Å². The summed E-state index contributed by atoms with van der Waals surface area (Å²) in [6.07, 6.45) is 9.81. The maximum absolute atomic E-state index is 14.4. The zero-order valence-electron chi connectivity index (χ0n) is 22.3. The van der Waals surface area contributed by atoms with Gasteiger partial charge in [-0.3, -0.25) is 19.5 Å². The highest BCUT2D eigenvalue weighted by molar-refractivity contribution is 6.07. The monoisotopic (exact) mass is 504 g/mol. The lowest BCUT2D eigenvalue weighted by atomic mass is 9.85. The fourth-order valence-electron chi connectivity index (χ4n) is 6.29. The van der Waals surface area contributed by atoms with E-state index in [4.69, 9.17) is 0 Å². The van der Waals surface area contributed by atoms with Crippen molar-refractivity contribution in [3.05, 3.63) is 59.4 Å². The van der Waals surface area contributed by atoms with Crippen molar-refractivity contribution in [3.63, 3.8) is 0 Å². The van der Waals surface area contributed by atoms with E-state index in [0.29, 0.717) is 31.5 Å². The Hall–Kier alpha value is -2.77. The minimum Gasteiger partial charge on any atom is -0.392 e. The standard InChI is InChI=1S/C30H40N4O3/c1-29(2,3)21-9-11-23(12-10-21)34(27(36)26-17-24(35)18-32-26)30(15-13-20-14-16-31-19-25(20)30)28(37)33-22-7-5-4-6-8-22/h9-12,14,16,19,22,24,26,32,35H,4-8,13,15,17-18H2,1-3H3,(H,33,37). The van der Waals surface area contributed by atoms with Gasteiger partial charge >= 0.3 is 0 Å². The van der Waals surface area contributed by atoms with E-state index in [2.05, 4.69) is 48.5 Å². The van der Waals surface area contributed by atoms with Gasteiger partial charge in [-0.25, -0.2) is 0 Å². The molecular formula is C30H40N4O3. The first-order chi connectivity index (χ1) is 17.7. The Morgan fingerprint density at radius 3 is 2.49 bits per heavy atom. The molecule has 7 heteroatoms. The van der Waals surface area contributed by atoms with E-state index in [1.807, 2.05) is 18.2 Å². The number of amides is 2. The molecule has 1 aromatic carbocycles. The quantitative estimate of drug-likeness (QED) is 0.577. The van der Waals surface area contributed by atoms with Crippen molar-refractivity contribution in [1.82, 2.24) is 15.6 Å². The topological polar surface area (TPSA) is 94.6 Å². The molecule has 0 spiro atoms. The highest BCUT2D eigenvalue weighted by atomic mass is 16.3. The van der Waals surface area contributed by atoms with Gasteiger partial charge in [-0.15, -0.1) is 0 Å². The second-order valence-corrected chi connectivity index (χ2v) is 12.0. The maximum Gasteiger partial charge on any atom is 0.251 e. The van der Waals surface area contributed by atoms with Gasteiger partial charge in [0, 0.05) is 36.2 Å². The molecule has 3 unspecified atom stereocenters. The summed E-state index contributed by atoms with van der Waals surface area (Å²) >= 11 is 0. The van der Waals surface area contributed by atoms with Crippen LogP contribution in [0.15, 0.2) is 42.7 Å². The number of benzene rings is 1. The lowest BCUT2D eigenvalue weighted by Crippen LogP contribution is -2.62. The number of hydrogen-bond acceptors (Lipinski definition) is 5. The van der Waals surface area contributed by atoms with Crippen LogP contribution >= 0.6 is 0 Å². The highest BCUT2D eigenvalue weighted by Gasteiger charge is 2.54. The third-order valence-corrected chi connectivity index (χ3v) is 8.43. The van der Waals surface area contributed by atoms with E-state index in [9.17, 15) is 14.7 Å². The molecule has 7 nitrogen and oxygen atoms in total. The Kier molecular flexibility index (Phi) is 7.12. The van der Waals surface area contributed by atoms with Gasteiger partial charge in [0.2, 0.25) is 5.91 Å². The van der Waals surface area contributed by atoms with Crippen molar-refractivity contribution in [2.45, 2.75) is 101 Å². The molecule has 2 fully saturated rings. The smallest absolute Gasteiger partial charge is 0.251 e. The van der Waals surface area contributed by atoms with E-state index in [0.717, 1.165) is 42.4 Å². The second kappa shape index (κ2) is 10.2. The summed E-state index contributed by atoms with van der Waals surface area (Å²) < 4.78 is 0. The van der Waals surface area contributed by atoms with Crippen LogP contribution in [0.1, 0.15) is 82.4 Å². The third-order valence-electron chi connectivity index (χ3n) is 8.43. The van der Waals surface area contributed by atoms with Crippen molar-refractivity contribution in [2.24, 2.45) is 0 Å². The number of aryl methyl sites for hydroxylation is 1. The van der Waals surface area contributed by atoms with Crippen molar-refractivity contribution in [3.8, 4) is 0 Å². The van der Waals surface area contributed by atoms with Crippen LogP contribution in [0.2, 0.25) is 0 Å². The maximum atomic E-state index is 14.4. The number of aliphatic hydroxyl groups is 1. The molecule has 0 radical (unpaired) electrons. The predicted molar refractivity (Wildman–Crippen MR) is 144 cm³/mol. The van der Waals surface area contributed by atoms with E-state index in [1.165, 1.54) is 6.42 Å². The molecule has 1 aromatic heterocycles. The van der Waals surface area contributed by atoms with Crippen LogP contribution in [0, 0.1) is 0 Å². The van der Waals surface area contributed by atoms with Gasteiger partial charge in [-0.2, -0.15) is 0 Å². The number of carbonyl (C=O) groups excluding carboxylic acids is 2. The summed E-state index contributed by atoms with van der Waals surface area (Å²) in [6.45, 7) is 6.85. The average molecular weight is 505 g/mol. The largest absolute Gasteiger partial charge is 0.392 e. The summed E-state index contributed by atoms with van der Waals surface area (Å²) in [6, 6.07) is 9.56. The minimum absolute atomic E-state index is 0.0373. The molecule has 3 N–H and O–H groups in total. The molecule has 1 saturated heterocycles. The Morgan fingerprint density at radius 1 is 1.11 bits per heavy atom. The number of nitrogens with one attached hydrogen (secondary N) is 2. The molecule has 1 aliphatic heterocycles. The SMILES string of the molecule is CC(C)(C)c1ccc(N(C(=O)C2CC(O)CN2)C2(C(=O)NC3CCCCC3)CCc3ccncc32)cc1. The van der Waals surface area contributed by atoms with Crippen LogP contribution in [0.25, 0.3) is 0 Å². The molecule has 3 aliphatic rings. The number of aliphatic hydroxyl groups excluding tert-OH is 1. The fourth-order valence-corrected chi connectivity index (χ4v) is 6.29. The summed E-state index contributed by atoms with van der Waals surface area (Å²) in [4.78, 5) is 34.9. The van der Waals surface area contributed by atoms with Crippen LogP contribution in [0.4, 0.5) is 5.69 Å². The number of anilines is 1. The van der Waals surface area contributed by atoms with Crippen LogP contribution < -0.4 is 15.5 Å². The lowest BCUT2D eigenvalue weighted by Gasteiger charge is -2.43. The van der Waals surface area contributed by atoms with Gasteiger partial charge in [0.1, 0.15) is 0 Å². The predicted octanol–water partition coefficient (Wildman–Crippen LogP) is 3.73. The number of fused-ring (bicyclic) bond motifs is 1. The number of nitrogens with zero attached hydrogens (tertiary/aromatic N) is 2. The number of rotatable bonds is 5. The van der Waals surface area contributed by atoms with Gasteiger partial charge in [-0.1, -0.05) is 52.2 Å². The van der Waals surface area contributed by atoms with E-state index >= 15 is 0 Å². The van der Waals surface area contributed by atoms with Crippen molar-refractivity contribution in [1.29, 1.82) is 0 Å². The molecule has 3 atom stereocenters. The van der Waals surface area contributed by atoms with Crippen LogP contribution in [0.5, 0.6) is 0 Å². The van der Waals surface area contributed by atoms with Crippen LogP contribution in [-0.2, 0) is 27.0 Å². The van der Waals surface area contributed by atoms with Gasteiger partial charge in [0.25, 0.3) is 5.91 Å². The molecule has 2 heterocycles. The first-order valence-corrected chi connectivity index (χ1v) is 13.8. The van der Waals surface area contributed by atoms with Crippen LogP contribution in [-0.4, -0.2) is 46.6 Å². The average Bonchev–Trinajstić information content (AvgIpc) is 3.49. The van der Waals surface area contributed by atoms with Crippen LogP contribution in [0.3, 0.4) is 0 Å². The molecule has 2 amide bonds. The Bertz CT molecular complexity index is 1140. The number of carbonyl (C=O) groups is 2. The Labute approximate surface area is 220 Å². The Balaban J connectivity index is 1.63. The highest BCUT2D eigenvalue weighted by Crippen LogP contribution is 2.45. The molecule has 2 aromatic rings. The number of β-amino-alcohol motifs (C(OH)–C–C–N with tert-alkyl or cyclic N) is 1. The molecule has 5 rings (SSSR count). The first kappa shape index (κ1) is 25.9. The summed E-state index contributed by atoms with van der Waals surface area (Å²) in [5, 5.41) is 16.8. The normalized spacial score (nSPS) is 26.1. The second-order valence-electron chi connectivity index (χ2n) is 12.0. The van der Waals surface area contributed by atoms with Gasteiger partial charge in [-0.05, 0) is 66.8 Å². The van der Waals surface area contributed by atoms with Gasteiger partial charge in [0.15, 0.2) is 5.54 Å². The lowest BCUT2D eigenvalue weighted by molar-refractivity contribution is -0.132. The van der Waals surface area contributed by atoms with Crippen molar-refractivity contribution in [2.75, 3.05) is 11.4 Å². The molecule has 1 saturated carbocycles. The number of aromatic nitrogens is 1. The van der Waals surface area contributed by atoms with Gasteiger partial charge in [0.05, 0.1) is 12.1 Å². The number of pyridine rings is 1. The minimum atomic E-state index is -1.20. The molecular weight excluding hydrogens is 464 g/mol. The molecule has 0 bridgehead atoms. The molecule has 37 heavy (non-hydrogen) atoms. The number of hydrogen-bond donors (Lipinski definition) is 3.